The highest BCUT2D eigenvalue weighted by atomic mass is 79.9. The van der Waals surface area contributed by atoms with E-state index in [1.165, 1.54) is 0 Å². The molecule has 13 heavy (non-hydrogen) atoms. The lowest BCUT2D eigenvalue weighted by atomic mass is 10.00. The molecule has 5 nitrogen and oxygen atoms in total. The minimum absolute atomic E-state index is 0.306. The molecule has 0 amide bonds. The van der Waals surface area contributed by atoms with Gasteiger partial charge in [-0.1, -0.05) is 0 Å². The van der Waals surface area contributed by atoms with Gasteiger partial charge >= 0.3 is 5.97 Å². The smallest absolute Gasteiger partial charge is 0.308 e. The summed E-state index contributed by atoms with van der Waals surface area (Å²) in [6.45, 7) is 0.470. The summed E-state index contributed by atoms with van der Waals surface area (Å²) in [4.78, 5) is 10.7. The SMILES string of the molecule is O=C(O)C1CCc2nnc(Br)n2C1. The molecule has 70 valence electrons. The second kappa shape index (κ2) is 3.10. The second-order valence-electron chi connectivity index (χ2n) is 3.07. The fourth-order valence-corrected chi connectivity index (χ4v) is 1.92. The van der Waals surface area contributed by atoms with Crippen LogP contribution in [0, 0.1) is 5.92 Å². The molecule has 1 unspecified atom stereocenters. The van der Waals surface area contributed by atoms with Crippen molar-refractivity contribution in [3.05, 3.63) is 10.6 Å². The van der Waals surface area contributed by atoms with Crippen molar-refractivity contribution in [3.63, 3.8) is 0 Å². The van der Waals surface area contributed by atoms with E-state index in [9.17, 15) is 4.79 Å². The molecule has 0 saturated carbocycles. The van der Waals surface area contributed by atoms with Crippen molar-refractivity contribution in [2.24, 2.45) is 5.92 Å². The number of aliphatic carboxylic acids is 1. The van der Waals surface area contributed by atoms with E-state index in [1.54, 1.807) is 0 Å². The van der Waals surface area contributed by atoms with Gasteiger partial charge in [0.1, 0.15) is 5.82 Å². The van der Waals surface area contributed by atoms with Crippen molar-refractivity contribution in [3.8, 4) is 0 Å². The zero-order valence-electron chi connectivity index (χ0n) is 6.77. The summed E-state index contributed by atoms with van der Waals surface area (Å²) in [5.41, 5.74) is 0. The van der Waals surface area contributed by atoms with Gasteiger partial charge in [-0.25, -0.2) is 0 Å². The third-order valence-corrected chi connectivity index (χ3v) is 2.84. The Bertz CT molecular complexity index is 350. The largest absolute Gasteiger partial charge is 0.481 e. The van der Waals surface area contributed by atoms with Crippen molar-refractivity contribution in [2.75, 3.05) is 0 Å². The Labute approximate surface area is 82.9 Å². The van der Waals surface area contributed by atoms with Gasteiger partial charge < -0.3 is 9.67 Å². The maximum absolute atomic E-state index is 10.7. The molecule has 1 aromatic heterocycles. The number of nitrogens with zero attached hydrogens (tertiary/aromatic N) is 3. The molecule has 0 saturated heterocycles. The maximum atomic E-state index is 10.7. The summed E-state index contributed by atoms with van der Waals surface area (Å²) in [6.07, 6.45) is 1.34. The van der Waals surface area contributed by atoms with E-state index in [4.69, 9.17) is 5.11 Å². The average Bonchev–Trinajstić information content (AvgIpc) is 2.47. The van der Waals surface area contributed by atoms with E-state index in [1.807, 2.05) is 4.57 Å². The predicted molar refractivity (Wildman–Crippen MR) is 47.2 cm³/mol. The monoisotopic (exact) mass is 245 g/mol. The highest BCUT2D eigenvalue weighted by Gasteiger charge is 2.26. The first-order chi connectivity index (χ1) is 6.18. The van der Waals surface area contributed by atoms with Gasteiger partial charge in [-0.15, -0.1) is 10.2 Å². The number of halogens is 1. The maximum Gasteiger partial charge on any atom is 0.308 e. The van der Waals surface area contributed by atoms with E-state index >= 15 is 0 Å². The minimum Gasteiger partial charge on any atom is -0.481 e. The van der Waals surface area contributed by atoms with Crippen molar-refractivity contribution in [1.82, 2.24) is 14.8 Å². The van der Waals surface area contributed by atoms with Crippen molar-refractivity contribution >= 4 is 21.9 Å². The van der Waals surface area contributed by atoms with Gasteiger partial charge in [-0.05, 0) is 22.4 Å². The molecule has 1 aliphatic rings. The fourth-order valence-electron chi connectivity index (χ4n) is 1.50. The molecule has 1 aliphatic heterocycles. The topological polar surface area (TPSA) is 68.0 Å². The van der Waals surface area contributed by atoms with Crippen LogP contribution in [0.5, 0.6) is 0 Å². The van der Waals surface area contributed by atoms with Crippen LogP contribution in [-0.2, 0) is 17.8 Å². The van der Waals surface area contributed by atoms with Gasteiger partial charge in [0.2, 0.25) is 0 Å². The summed E-state index contributed by atoms with van der Waals surface area (Å²) in [7, 11) is 0. The Morgan fingerprint density at radius 2 is 2.38 bits per heavy atom. The molecular formula is C7H8BrN3O2. The standard InChI is InChI=1S/C7H8BrN3O2/c8-7-10-9-5-2-1-4(6(12)13)3-11(5)7/h4H,1-3H2,(H,12,13). The van der Waals surface area contributed by atoms with Gasteiger partial charge in [0.15, 0.2) is 4.73 Å². The van der Waals surface area contributed by atoms with Crippen molar-refractivity contribution < 1.29 is 9.90 Å². The first kappa shape index (κ1) is 8.68. The second-order valence-corrected chi connectivity index (χ2v) is 3.78. The number of hydrogen-bond donors (Lipinski definition) is 1. The van der Waals surface area contributed by atoms with Crippen LogP contribution >= 0.6 is 15.9 Å². The zero-order chi connectivity index (χ0) is 9.42. The lowest BCUT2D eigenvalue weighted by Crippen LogP contribution is -2.26. The molecule has 6 heteroatoms. The Morgan fingerprint density at radius 3 is 3.08 bits per heavy atom. The highest BCUT2D eigenvalue weighted by Crippen LogP contribution is 2.22. The summed E-state index contributed by atoms with van der Waals surface area (Å²) >= 11 is 3.23. The first-order valence-electron chi connectivity index (χ1n) is 3.99. The van der Waals surface area contributed by atoms with Crippen LogP contribution in [0.25, 0.3) is 0 Å². The molecular weight excluding hydrogens is 238 g/mol. The van der Waals surface area contributed by atoms with Gasteiger partial charge in [0, 0.05) is 13.0 Å². The van der Waals surface area contributed by atoms with Gasteiger partial charge in [0.25, 0.3) is 0 Å². The van der Waals surface area contributed by atoms with Gasteiger partial charge in [-0.2, -0.15) is 0 Å². The lowest BCUT2D eigenvalue weighted by Gasteiger charge is -2.19. The van der Waals surface area contributed by atoms with E-state index in [-0.39, 0.29) is 5.92 Å². The van der Waals surface area contributed by atoms with Crippen LogP contribution in [0.2, 0.25) is 0 Å². The van der Waals surface area contributed by atoms with Crippen LogP contribution in [0.3, 0.4) is 0 Å². The highest BCUT2D eigenvalue weighted by molar-refractivity contribution is 9.10. The fraction of sp³-hybridized carbons (Fsp3) is 0.571. The minimum atomic E-state index is -0.744. The summed E-state index contributed by atoms with van der Waals surface area (Å²) < 4.78 is 2.43. The van der Waals surface area contributed by atoms with Crippen molar-refractivity contribution in [2.45, 2.75) is 19.4 Å². The third-order valence-electron chi connectivity index (χ3n) is 2.25. The summed E-state index contributed by atoms with van der Waals surface area (Å²) in [6, 6.07) is 0. The predicted octanol–water partition coefficient (Wildman–Crippen LogP) is 0.688. The van der Waals surface area contributed by atoms with Gasteiger partial charge in [-0.3, -0.25) is 4.79 Å². The average molecular weight is 246 g/mol. The number of fused-ring (bicyclic) bond motifs is 1. The van der Waals surface area contributed by atoms with Crippen LogP contribution in [0.1, 0.15) is 12.2 Å². The van der Waals surface area contributed by atoms with E-state index < -0.39 is 5.97 Å². The van der Waals surface area contributed by atoms with Crippen molar-refractivity contribution in [1.29, 1.82) is 0 Å². The number of rotatable bonds is 1. The quantitative estimate of drug-likeness (QED) is 0.791. The molecule has 1 N–H and O–H groups in total. The Kier molecular flexibility index (Phi) is 2.07. The molecule has 0 aliphatic carbocycles. The van der Waals surface area contributed by atoms with E-state index in [0.29, 0.717) is 24.1 Å². The number of carboxylic acids is 1. The molecule has 1 atom stereocenters. The van der Waals surface area contributed by atoms with Crippen LogP contribution in [-0.4, -0.2) is 25.8 Å². The summed E-state index contributed by atoms with van der Waals surface area (Å²) in [5, 5.41) is 16.6. The molecule has 1 aromatic rings. The number of hydrogen-bond acceptors (Lipinski definition) is 3. The number of aryl methyl sites for hydroxylation is 1. The lowest BCUT2D eigenvalue weighted by molar-refractivity contribution is -0.142. The summed E-state index contributed by atoms with van der Waals surface area (Å²) in [5.74, 6) is -0.185. The molecule has 0 spiro atoms. The molecule has 0 radical (unpaired) electrons. The van der Waals surface area contributed by atoms with Gasteiger partial charge in [0.05, 0.1) is 5.92 Å². The Hall–Kier alpha value is -0.910. The van der Waals surface area contributed by atoms with Crippen LogP contribution in [0.4, 0.5) is 0 Å². The Balaban J connectivity index is 2.27. The normalized spacial score (nSPS) is 21.2. The van der Waals surface area contributed by atoms with E-state index in [0.717, 1.165) is 5.82 Å². The number of carboxylic acid groups (broad SMARTS) is 1. The first-order valence-corrected chi connectivity index (χ1v) is 4.78. The molecule has 0 aromatic carbocycles. The van der Waals surface area contributed by atoms with E-state index in [2.05, 4.69) is 26.1 Å². The Morgan fingerprint density at radius 1 is 1.62 bits per heavy atom. The van der Waals surface area contributed by atoms with Crippen LogP contribution in [0.15, 0.2) is 4.73 Å². The molecule has 0 bridgehead atoms. The molecule has 0 fully saturated rings. The number of aromatic nitrogens is 3. The third kappa shape index (κ3) is 1.46. The molecule has 2 heterocycles. The molecule has 2 rings (SSSR count). The van der Waals surface area contributed by atoms with Crippen LogP contribution < -0.4 is 0 Å². The zero-order valence-corrected chi connectivity index (χ0v) is 8.36. The number of carbonyl (C=O) groups is 1.